The Bertz CT molecular complexity index is 140. The molecule has 0 aromatic carbocycles. The summed E-state index contributed by atoms with van der Waals surface area (Å²) in [7, 11) is 0. The van der Waals surface area contributed by atoms with Gasteiger partial charge in [0.05, 0.1) is 0 Å². The van der Waals surface area contributed by atoms with Crippen molar-refractivity contribution < 1.29 is 0 Å². The molecule has 2 rings (SSSR count). The summed E-state index contributed by atoms with van der Waals surface area (Å²) in [4.78, 5) is 0. The van der Waals surface area contributed by atoms with Crippen molar-refractivity contribution in [1.29, 1.82) is 0 Å². The molecule has 0 amide bonds. The maximum Gasteiger partial charge on any atom is -0.000813 e. The van der Waals surface area contributed by atoms with Gasteiger partial charge >= 0.3 is 0 Å². The van der Waals surface area contributed by atoms with E-state index in [2.05, 4.69) is 11.8 Å². The van der Waals surface area contributed by atoms with Crippen molar-refractivity contribution in [2.75, 3.05) is 18.1 Å². The first-order valence-corrected chi connectivity index (χ1v) is 5.81. The topological polar surface area (TPSA) is 26.0 Å². The summed E-state index contributed by atoms with van der Waals surface area (Å²) in [5.74, 6) is 3.79. The Hall–Kier alpha value is 0.310. The summed E-state index contributed by atoms with van der Waals surface area (Å²) in [5.41, 5.74) is 6.38. The zero-order valence-corrected chi connectivity index (χ0v) is 7.83. The molecule has 1 saturated heterocycles. The monoisotopic (exact) mass is 171 g/mol. The van der Waals surface area contributed by atoms with Crippen LogP contribution in [0.3, 0.4) is 0 Å². The van der Waals surface area contributed by atoms with Gasteiger partial charge in [0.1, 0.15) is 0 Å². The lowest BCUT2D eigenvalue weighted by atomic mass is 9.85. The molecule has 1 spiro atoms. The largest absolute Gasteiger partial charge is 0.330 e. The second-order valence-electron chi connectivity index (χ2n) is 3.98. The first-order valence-electron chi connectivity index (χ1n) is 4.65. The average Bonchev–Trinajstić information content (AvgIpc) is 2.77. The molecule has 0 bridgehead atoms. The van der Waals surface area contributed by atoms with E-state index in [1.807, 2.05) is 0 Å². The van der Waals surface area contributed by atoms with Crippen LogP contribution in [0.1, 0.15) is 25.7 Å². The minimum absolute atomic E-state index is 0.780. The van der Waals surface area contributed by atoms with Gasteiger partial charge in [-0.2, -0.15) is 11.8 Å². The molecule has 1 aliphatic heterocycles. The summed E-state index contributed by atoms with van der Waals surface area (Å²) < 4.78 is 0. The summed E-state index contributed by atoms with van der Waals surface area (Å²) in [5, 5.41) is 0. The Morgan fingerprint density at radius 1 is 1.45 bits per heavy atom. The van der Waals surface area contributed by atoms with E-state index in [0.717, 1.165) is 17.9 Å². The van der Waals surface area contributed by atoms with Gasteiger partial charge in [-0.25, -0.2) is 0 Å². The summed E-state index contributed by atoms with van der Waals surface area (Å²) >= 11 is 2.15. The van der Waals surface area contributed by atoms with Crippen LogP contribution in [0.5, 0.6) is 0 Å². The minimum Gasteiger partial charge on any atom is -0.330 e. The molecule has 0 aromatic heterocycles. The van der Waals surface area contributed by atoms with Gasteiger partial charge in [0.2, 0.25) is 0 Å². The smallest absolute Gasteiger partial charge is 0.000813 e. The van der Waals surface area contributed by atoms with Gasteiger partial charge in [0.25, 0.3) is 0 Å². The summed E-state index contributed by atoms with van der Waals surface area (Å²) in [6, 6.07) is 0. The average molecular weight is 171 g/mol. The maximum atomic E-state index is 5.60. The standard InChI is InChI=1S/C9H17NS/c10-5-1-8-2-6-11-7-9(8)3-4-9/h8H,1-7,10H2. The second-order valence-corrected chi connectivity index (χ2v) is 5.08. The van der Waals surface area contributed by atoms with Crippen molar-refractivity contribution in [3.05, 3.63) is 0 Å². The Kier molecular flexibility index (Phi) is 2.15. The molecule has 11 heavy (non-hydrogen) atoms. The molecule has 2 fully saturated rings. The SMILES string of the molecule is NCCC1CCSCC12CC2. The fourth-order valence-corrected chi connectivity index (χ4v) is 3.82. The summed E-state index contributed by atoms with van der Waals surface area (Å²) in [6.07, 6.45) is 5.69. The molecule has 2 N–H and O–H groups in total. The molecule has 1 nitrogen and oxygen atoms in total. The third-order valence-electron chi connectivity index (χ3n) is 3.27. The van der Waals surface area contributed by atoms with Gasteiger partial charge in [-0.3, -0.25) is 0 Å². The van der Waals surface area contributed by atoms with Crippen LogP contribution < -0.4 is 5.73 Å². The highest BCUT2D eigenvalue weighted by molar-refractivity contribution is 7.99. The quantitative estimate of drug-likeness (QED) is 0.686. The lowest BCUT2D eigenvalue weighted by Crippen LogP contribution is -2.26. The fraction of sp³-hybridized carbons (Fsp3) is 1.00. The molecule has 1 heterocycles. The summed E-state index contributed by atoms with van der Waals surface area (Å²) in [6.45, 7) is 0.900. The van der Waals surface area contributed by atoms with Crippen LogP contribution in [0.25, 0.3) is 0 Å². The van der Waals surface area contributed by atoms with E-state index in [1.165, 1.54) is 37.2 Å². The minimum atomic E-state index is 0.780. The van der Waals surface area contributed by atoms with E-state index in [4.69, 9.17) is 5.73 Å². The van der Waals surface area contributed by atoms with Crippen LogP contribution in [-0.4, -0.2) is 18.1 Å². The Morgan fingerprint density at radius 2 is 2.27 bits per heavy atom. The van der Waals surface area contributed by atoms with Crippen LogP contribution in [0.4, 0.5) is 0 Å². The van der Waals surface area contributed by atoms with E-state index in [-0.39, 0.29) is 0 Å². The van der Waals surface area contributed by atoms with Crippen LogP contribution in [0, 0.1) is 11.3 Å². The van der Waals surface area contributed by atoms with Crippen molar-refractivity contribution >= 4 is 11.8 Å². The fourth-order valence-electron chi connectivity index (χ4n) is 2.29. The van der Waals surface area contributed by atoms with Crippen molar-refractivity contribution in [1.82, 2.24) is 0 Å². The predicted molar refractivity (Wildman–Crippen MR) is 50.8 cm³/mol. The van der Waals surface area contributed by atoms with Gasteiger partial charge in [-0.15, -0.1) is 0 Å². The molecule has 1 aliphatic carbocycles. The molecule has 0 radical (unpaired) electrons. The van der Waals surface area contributed by atoms with Gasteiger partial charge in [-0.1, -0.05) is 0 Å². The van der Waals surface area contributed by atoms with Gasteiger partial charge in [0.15, 0.2) is 0 Å². The molecular weight excluding hydrogens is 154 g/mol. The number of thioether (sulfide) groups is 1. The Balaban J connectivity index is 1.93. The van der Waals surface area contributed by atoms with Crippen molar-refractivity contribution in [3.8, 4) is 0 Å². The van der Waals surface area contributed by atoms with Crippen molar-refractivity contribution in [2.45, 2.75) is 25.7 Å². The van der Waals surface area contributed by atoms with E-state index in [0.29, 0.717) is 0 Å². The molecule has 2 heteroatoms. The molecule has 1 saturated carbocycles. The van der Waals surface area contributed by atoms with Gasteiger partial charge in [0, 0.05) is 0 Å². The third-order valence-corrected chi connectivity index (χ3v) is 4.58. The molecule has 64 valence electrons. The predicted octanol–water partition coefficient (Wildman–Crippen LogP) is 1.87. The maximum absolute atomic E-state index is 5.60. The number of rotatable bonds is 2. The van der Waals surface area contributed by atoms with E-state index < -0.39 is 0 Å². The van der Waals surface area contributed by atoms with Crippen molar-refractivity contribution in [2.24, 2.45) is 17.1 Å². The highest BCUT2D eigenvalue weighted by Crippen LogP contribution is 2.58. The lowest BCUT2D eigenvalue weighted by molar-refractivity contribution is 0.307. The highest BCUT2D eigenvalue weighted by Gasteiger charge is 2.49. The van der Waals surface area contributed by atoms with Gasteiger partial charge in [-0.05, 0) is 55.1 Å². The molecule has 1 atom stereocenters. The number of nitrogens with two attached hydrogens (primary N) is 1. The van der Waals surface area contributed by atoms with Crippen LogP contribution in [-0.2, 0) is 0 Å². The molecule has 0 aromatic rings. The van der Waals surface area contributed by atoms with Crippen LogP contribution in [0.15, 0.2) is 0 Å². The van der Waals surface area contributed by atoms with Gasteiger partial charge < -0.3 is 5.73 Å². The molecule has 2 aliphatic rings. The van der Waals surface area contributed by atoms with E-state index >= 15 is 0 Å². The Morgan fingerprint density at radius 3 is 2.91 bits per heavy atom. The normalized spacial score (nSPS) is 34.1. The highest BCUT2D eigenvalue weighted by atomic mass is 32.2. The second kappa shape index (κ2) is 2.98. The first kappa shape index (κ1) is 7.93. The van der Waals surface area contributed by atoms with Crippen LogP contribution >= 0.6 is 11.8 Å². The molecular formula is C9H17NS. The lowest BCUT2D eigenvalue weighted by Gasteiger charge is -2.31. The zero-order valence-electron chi connectivity index (χ0n) is 7.01. The van der Waals surface area contributed by atoms with Crippen molar-refractivity contribution in [3.63, 3.8) is 0 Å². The van der Waals surface area contributed by atoms with E-state index in [9.17, 15) is 0 Å². The third kappa shape index (κ3) is 1.43. The zero-order chi connectivity index (χ0) is 7.73. The number of hydrogen-bond acceptors (Lipinski definition) is 2. The first-order chi connectivity index (χ1) is 5.37. The number of hydrogen-bond donors (Lipinski definition) is 1. The van der Waals surface area contributed by atoms with E-state index in [1.54, 1.807) is 0 Å². The van der Waals surface area contributed by atoms with Crippen LogP contribution in [0.2, 0.25) is 0 Å². The Labute approximate surface area is 73.1 Å². The molecule has 1 unspecified atom stereocenters.